The van der Waals surface area contributed by atoms with Crippen LogP contribution in [0.5, 0.6) is 0 Å². The second-order valence-electron chi connectivity index (χ2n) is 8.32. The number of aromatic amines is 1. The van der Waals surface area contributed by atoms with E-state index in [1.165, 1.54) is 34.1 Å². The first-order chi connectivity index (χ1) is 15.2. The molecular formula is C24H36IN7. The normalized spacial score (nSPS) is 16.8. The number of benzene rings is 1. The molecule has 4 rings (SSSR count). The largest absolute Gasteiger partial charge is 0.367 e. The maximum atomic E-state index is 4.88. The Labute approximate surface area is 208 Å². The quantitative estimate of drug-likeness (QED) is 0.238. The zero-order valence-corrected chi connectivity index (χ0v) is 21.7. The van der Waals surface area contributed by atoms with Crippen LogP contribution in [0.25, 0.3) is 10.9 Å². The van der Waals surface area contributed by atoms with E-state index in [1.807, 2.05) is 17.9 Å². The standard InChI is InChI=1S/C24H35N7.HI/c1-4-18-8-6-10-22-19(14-27-23(18)22)11-12-26-24(25-5-2)29-20-9-7-13-31(16-20)21-15-28-30(3)17-21;/h6,8,10,14-15,17,20,27H,4-5,7,9,11-13,16H2,1-3H3,(H2,25,26,29);1H. The first-order valence-corrected chi connectivity index (χ1v) is 11.5. The van der Waals surface area contributed by atoms with E-state index in [-0.39, 0.29) is 24.0 Å². The molecule has 1 unspecified atom stereocenters. The molecule has 3 N–H and O–H groups in total. The summed E-state index contributed by atoms with van der Waals surface area (Å²) in [5.74, 6) is 0.912. The van der Waals surface area contributed by atoms with Crippen LogP contribution in [0.15, 0.2) is 41.8 Å². The molecule has 7 nitrogen and oxygen atoms in total. The molecule has 1 atom stereocenters. The van der Waals surface area contributed by atoms with E-state index in [4.69, 9.17) is 4.99 Å². The Morgan fingerprint density at radius 1 is 1.28 bits per heavy atom. The summed E-state index contributed by atoms with van der Waals surface area (Å²) in [5.41, 5.74) is 5.18. The van der Waals surface area contributed by atoms with Gasteiger partial charge >= 0.3 is 0 Å². The highest BCUT2D eigenvalue weighted by Gasteiger charge is 2.21. The van der Waals surface area contributed by atoms with Crippen molar-refractivity contribution in [2.75, 3.05) is 31.1 Å². The minimum atomic E-state index is 0. The van der Waals surface area contributed by atoms with Gasteiger partial charge in [0.2, 0.25) is 0 Å². The lowest BCUT2D eigenvalue weighted by Crippen LogP contribution is -2.51. The molecular weight excluding hydrogens is 513 g/mol. The molecule has 3 aromatic rings. The number of fused-ring (bicyclic) bond motifs is 1. The fraction of sp³-hybridized carbons (Fsp3) is 0.500. The van der Waals surface area contributed by atoms with Crippen LogP contribution < -0.4 is 15.5 Å². The van der Waals surface area contributed by atoms with Crippen molar-refractivity contribution in [3.63, 3.8) is 0 Å². The first-order valence-electron chi connectivity index (χ1n) is 11.5. The van der Waals surface area contributed by atoms with E-state index in [0.717, 1.165) is 51.4 Å². The highest BCUT2D eigenvalue weighted by atomic mass is 127. The summed E-state index contributed by atoms with van der Waals surface area (Å²) in [7, 11) is 1.97. The first kappa shape index (κ1) is 24.4. The third kappa shape index (κ3) is 5.76. The number of aryl methyl sites for hydroxylation is 2. The average Bonchev–Trinajstić information content (AvgIpc) is 3.40. The molecule has 1 aromatic carbocycles. The molecule has 3 heterocycles. The average molecular weight is 550 g/mol. The lowest BCUT2D eigenvalue weighted by Gasteiger charge is -2.34. The third-order valence-electron chi connectivity index (χ3n) is 6.08. The Morgan fingerprint density at radius 3 is 2.91 bits per heavy atom. The Hall–Kier alpha value is -2.23. The van der Waals surface area contributed by atoms with Crippen molar-refractivity contribution in [2.24, 2.45) is 12.0 Å². The van der Waals surface area contributed by atoms with Gasteiger partial charge in [-0.2, -0.15) is 5.10 Å². The van der Waals surface area contributed by atoms with Crippen molar-refractivity contribution < 1.29 is 0 Å². The zero-order chi connectivity index (χ0) is 21.6. The van der Waals surface area contributed by atoms with Gasteiger partial charge in [0.1, 0.15) is 0 Å². The van der Waals surface area contributed by atoms with E-state index in [2.05, 4.69) is 70.1 Å². The number of anilines is 1. The number of piperidine rings is 1. The lowest BCUT2D eigenvalue weighted by molar-refractivity contribution is 0.468. The lowest BCUT2D eigenvalue weighted by atomic mass is 10.1. The second kappa shape index (κ2) is 11.6. The number of aliphatic imine (C=N–C) groups is 1. The number of aromatic nitrogens is 3. The van der Waals surface area contributed by atoms with Crippen LogP contribution >= 0.6 is 24.0 Å². The van der Waals surface area contributed by atoms with Gasteiger partial charge in [0, 0.05) is 62.6 Å². The number of nitrogens with zero attached hydrogens (tertiary/aromatic N) is 4. The molecule has 1 fully saturated rings. The maximum Gasteiger partial charge on any atom is 0.191 e. The van der Waals surface area contributed by atoms with Crippen molar-refractivity contribution in [3.05, 3.63) is 47.9 Å². The van der Waals surface area contributed by atoms with E-state index in [0.29, 0.717) is 6.04 Å². The van der Waals surface area contributed by atoms with Gasteiger partial charge in [0.25, 0.3) is 0 Å². The van der Waals surface area contributed by atoms with Crippen molar-refractivity contribution in [1.82, 2.24) is 25.4 Å². The van der Waals surface area contributed by atoms with Crippen LogP contribution in [-0.4, -0.2) is 52.9 Å². The monoisotopic (exact) mass is 549 g/mol. The van der Waals surface area contributed by atoms with Gasteiger partial charge < -0.3 is 20.5 Å². The van der Waals surface area contributed by atoms with Crippen molar-refractivity contribution in [3.8, 4) is 0 Å². The van der Waals surface area contributed by atoms with Crippen molar-refractivity contribution >= 4 is 46.5 Å². The number of halogens is 1. The number of hydrogen-bond donors (Lipinski definition) is 3. The van der Waals surface area contributed by atoms with Crippen LogP contribution in [-0.2, 0) is 19.9 Å². The number of para-hydroxylation sites is 1. The fourth-order valence-corrected chi connectivity index (χ4v) is 4.48. The van der Waals surface area contributed by atoms with Crippen LogP contribution in [0.4, 0.5) is 5.69 Å². The van der Waals surface area contributed by atoms with Crippen LogP contribution in [0.3, 0.4) is 0 Å². The molecule has 0 amide bonds. The molecule has 8 heteroatoms. The van der Waals surface area contributed by atoms with Crippen LogP contribution in [0.1, 0.15) is 37.8 Å². The number of H-pyrrole nitrogens is 1. The summed E-state index contributed by atoms with van der Waals surface area (Å²) in [6.45, 7) is 7.99. The summed E-state index contributed by atoms with van der Waals surface area (Å²) in [5, 5.41) is 12.7. The van der Waals surface area contributed by atoms with E-state index in [9.17, 15) is 0 Å². The summed E-state index contributed by atoms with van der Waals surface area (Å²) >= 11 is 0. The minimum Gasteiger partial charge on any atom is -0.367 e. The molecule has 0 spiro atoms. The van der Waals surface area contributed by atoms with Gasteiger partial charge in [-0.15, -0.1) is 24.0 Å². The molecule has 1 aliphatic rings. The van der Waals surface area contributed by atoms with E-state index >= 15 is 0 Å². The molecule has 0 saturated carbocycles. The summed E-state index contributed by atoms with van der Waals surface area (Å²) in [4.78, 5) is 10.8. The van der Waals surface area contributed by atoms with Gasteiger partial charge in [-0.05, 0) is 43.7 Å². The Balaban J connectivity index is 0.00000289. The van der Waals surface area contributed by atoms with Crippen molar-refractivity contribution in [2.45, 2.75) is 45.6 Å². The van der Waals surface area contributed by atoms with Gasteiger partial charge in [-0.1, -0.05) is 25.1 Å². The Bertz CT molecular complexity index is 1020. The molecule has 0 aliphatic carbocycles. The van der Waals surface area contributed by atoms with Crippen LogP contribution in [0.2, 0.25) is 0 Å². The number of hydrogen-bond acceptors (Lipinski definition) is 3. The summed E-state index contributed by atoms with van der Waals surface area (Å²) in [6, 6.07) is 6.95. The summed E-state index contributed by atoms with van der Waals surface area (Å²) < 4.78 is 1.87. The van der Waals surface area contributed by atoms with E-state index in [1.54, 1.807) is 0 Å². The molecule has 2 aromatic heterocycles. The Morgan fingerprint density at radius 2 is 2.16 bits per heavy atom. The number of nitrogens with one attached hydrogen (secondary N) is 3. The van der Waals surface area contributed by atoms with Crippen molar-refractivity contribution in [1.29, 1.82) is 0 Å². The molecule has 0 radical (unpaired) electrons. The molecule has 32 heavy (non-hydrogen) atoms. The SMILES string of the molecule is CCNC(=NCCc1c[nH]c2c(CC)cccc12)NC1CCCN(c2cnn(C)c2)C1.I. The second-order valence-corrected chi connectivity index (χ2v) is 8.32. The Kier molecular flexibility index (Phi) is 8.84. The topological polar surface area (TPSA) is 73.3 Å². The molecule has 0 bridgehead atoms. The maximum absolute atomic E-state index is 4.88. The van der Waals surface area contributed by atoms with Crippen LogP contribution in [0, 0.1) is 0 Å². The predicted molar refractivity (Wildman–Crippen MR) is 144 cm³/mol. The molecule has 1 saturated heterocycles. The fourth-order valence-electron chi connectivity index (χ4n) is 4.48. The number of rotatable bonds is 7. The zero-order valence-electron chi connectivity index (χ0n) is 19.4. The molecule has 1 aliphatic heterocycles. The van der Waals surface area contributed by atoms with Gasteiger partial charge in [-0.25, -0.2) is 0 Å². The van der Waals surface area contributed by atoms with Gasteiger partial charge in [0.15, 0.2) is 5.96 Å². The predicted octanol–water partition coefficient (Wildman–Crippen LogP) is 3.85. The van der Waals surface area contributed by atoms with E-state index < -0.39 is 0 Å². The smallest absolute Gasteiger partial charge is 0.191 e. The highest BCUT2D eigenvalue weighted by molar-refractivity contribution is 14.0. The summed E-state index contributed by atoms with van der Waals surface area (Å²) in [6.07, 6.45) is 10.5. The minimum absolute atomic E-state index is 0. The van der Waals surface area contributed by atoms with Gasteiger partial charge in [0.05, 0.1) is 11.9 Å². The molecule has 174 valence electrons. The highest BCUT2D eigenvalue weighted by Crippen LogP contribution is 2.23. The number of guanidine groups is 1. The van der Waals surface area contributed by atoms with Gasteiger partial charge in [-0.3, -0.25) is 9.67 Å². The third-order valence-corrected chi connectivity index (χ3v) is 6.08.